The minimum Gasteiger partial charge on any atom is -0.302 e. The van der Waals surface area contributed by atoms with E-state index in [1.807, 2.05) is 0 Å². The minimum atomic E-state index is 0.642. The highest BCUT2D eigenvalue weighted by atomic mass is 15.3. The quantitative estimate of drug-likeness (QED) is 0.655. The lowest BCUT2D eigenvalue weighted by Crippen LogP contribution is -2.46. The Balaban J connectivity index is 2.05. The van der Waals surface area contributed by atoms with Crippen LogP contribution in [0.2, 0.25) is 0 Å². The molecule has 3 heteroatoms. The third-order valence-electron chi connectivity index (χ3n) is 2.42. The maximum absolute atomic E-state index is 4.31. The molecular formula is C9H20N3. The molecule has 1 N–H and O–H groups in total. The smallest absolute Gasteiger partial charge is 0.0483 e. The summed E-state index contributed by atoms with van der Waals surface area (Å²) >= 11 is 0. The summed E-state index contributed by atoms with van der Waals surface area (Å²) in [6.45, 7) is 9.76. The number of hydrogen-bond acceptors (Lipinski definition) is 2. The van der Waals surface area contributed by atoms with E-state index in [-0.39, 0.29) is 0 Å². The molecule has 0 saturated carbocycles. The molecule has 0 aromatic rings. The van der Waals surface area contributed by atoms with E-state index in [4.69, 9.17) is 0 Å². The van der Waals surface area contributed by atoms with Gasteiger partial charge in [0.15, 0.2) is 0 Å². The van der Waals surface area contributed by atoms with Crippen molar-refractivity contribution in [1.29, 1.82) is 0 Å². The van der Waals surface area contributed by atoms with E-state index in [1.54, 1.807) is 0 Å². The molecule has 1 atom stereocenters. The van der Waals surface area contributed by atoms with E-state index >= 15 is 0 Å². The summed E-state index contributed by atoms with van der Waals surface area (Å²) in [6, 6.07) is 0.642. The summed E-state index contributed by atoms with van der Waals surface area (Å²) in [5.41, 5.74) is 0. The maximum atomic E-state index is 4.31. The second-order valence-electron chi connectivity index (χ2n) is 3.46. The first-order valence-corrected chi connectivity index (χ1v) is 4.92. The Kier molecular flexibility index (Phi) is 4.58. The van der Waals surface area contributed by atoms with Gasteiger partial charge in [0.05, 0.1) is 0 Å². The van der Waals surface area contributed by atoms with Crippen molar-refractivity contribution in [1.82, 2.24) is 15.5 Å². The molecule has 1 aliphatic rings. The van der Waals surface area contributed by atoms with Gasteiger partial charge >= 0.3 is 0 Å². The molecule has 1 radical (unpaired) electrons. The highest BCUT2D eigenvalue weighted by Crippen LogP contribution is 1.93. The number of nitrogens with one attached hydrogen (secondary N) is 1. The van der Waals surface area contributed by atoms with Gasteiger partial charge in [-0.25, -0.2) is 5.32 Å². The third kappa shape index (κ3) is 3.52. The van der Waals surface area contributed by atoms with Crippen molar-refractivity contribution in [3.05, 3.63) is 0 Å². The fourth-order valence-corrected chi connectivity index (χ4v) is 1.24. The number of piperazine rings is 1. The van der Waals surface area contributed by atoms with Crippen LogP contribution in [0.4, 0.5) is 0 Å². The van der Waals surface area contributed by atoms with E-state index in [0.29, 0.717) is 6.04 Å². The Hall–Kier alpha value is -0.120. The van der Waals surface area contributed by atoms with Gasteiger partial charge in [0.1, 0.15) is 0 Å². The van der Waals surface area contributed by atoms with Gasteiger partial charge in [-0.05, 0) is 13.3 Å². The van der Waals surface area contributed by atoms with Crippen molar-refractivity contribution in [2.24, 2.45) is 0 Å². The Morgan fingerprint density at radius 2 is 2.08 bits per heavy atom. The van der Waals surface area contributed by atoms with E-state index < -0.39 is 0 Å². The van der Waals surface area contributed by atoms with Crippen molar-refractivity contribution in [3.8, 4) is 0 Å². The van der Waals surface area contributed by atoms with Crippen LogP contribution in [0.1, 0.15) is 20.3 Å². The Labute approximate surface area is 75.5 Å². The lowest BCUT2D eigenvalue weighted by molar-refractivity contribution is 0.212. The minimum absolute atomic E-state index is 0.642. The number of nitrogens with zero attached hydrogens (tertiary/aromatic N) is 2. The monoisotopic (exact) mass is 170 g/mol. The van der Waals surface area contributed by atoms with Gasteiger partial charge in [-0.1, -0.05) is 6.92 Å². The van der Waals surface area contributed by atoms with Crippen LogP contribution in [-0.4, -0.2) is 43.8 Å². The molecule has 0 aliphatic carbocycles. The van der Waals surface area contributed by atoms with Crippen LogP contribution < -0.4 is 10.6 Å². The highest BCUT2D eigenvalue weighted by Gasteiger charge is 2.09. The van der Waals surface area contributed by atoms with Gasteiger partial charge in [-0.3, -0.25) is 4.90 Å². The zero-order valence-corrected chi connectivity index (χ0v) is 8.21. The molecule has 1 fully saturated rings. The standard InChI is InChI=1S/C9H20N3/c1-3-9(2)11-8-12-6-4-10-5-7-12/h9,11H,3-8H2,1-2H3. The van der Waals surface area contributed by atoms with Gasteiger partial charge < -0.3 is 5.32 Å². The van der Waals surface area contributed by atoms with Crippen LogP contribution in [0.3, 0.4) is 0 Å². The first kappa shape index (κ1) is 9.96. The lowest BCUT2D eigenvalue weighted by atomic mass is 10.3. The van der Waals surface area contributed by atoms with E-state index in [2.05, 4.69) is 29.4 Å². The van der Waals surface area contributed by atoms with Gasteiger partial charge in [-0.15, -0.1) is 0 Å². The summed E-state index contributed by atoms with van der Waals surface area (Å²) in [7, 11) is 0. The molecule has 1 unspecified atom stereocenters. The van der Waals surface area contributed by atoms with E-state index in [1.165, 1.54) is 6.42 Å². The average Bonchev–Trinajstić information content (AvgIpc) is 2.16. The molecule has 1 rings (SSSR count). The van der Waals surface area contributed by atoms with Crippen LogP contribution in [0.5, 0.6) is 0 Å². The van der Waals surface area contributed by atoms with Crippen LogP contribution in [0, 0.1) is 0 Å². The number of rotatable bonds is 4. The first-order chi connectivity index (χ1) is 5.83. The highest BCUT2D eigenvalue weighted by molar-refractivity contribution is 4.67. The second kappa shape index (κ2) is 5.51. The third-order valence-corrected chi connectivity index (χ3v) is 2.42. The Morgan fingerprint density at radius 1 is 1.42 bits per heavy atom. The predicted octanol–water partition coefficient (Wildman–Crippen LogP) is 0.252. The zero-order valence-electron chi connectivity index (χ0n) is 8.21. The van der Waals surface area contributed by atoms with Crippen molar-refractivity contribution in [2.45, 2.75) is 26.3 Å². The van der Waals surface area contributed by atoms with Crippen molar-refractivity contribution in [2.75, 3.05) is 32.8 Å². The molecule has 0 amide bonds. The average molecular weight is 170 g/mol. The van der Waals surface area contributed by atoms with E-state index in [9.17, 15) is 0 Å². The molecule has 0 aromatic carbocycles. The lowest BCUT2D eigenvalue weighted by Gasteiger charge is -2.27. The summed E-state index contributed by atoms with van der Waals surface area (Å²) < 4.78 is 0. The van der Waals surface area contributed by atoms with Gasteiger partial charge in [0.2, 0.25) is 0 Å². The van der Waals surface area contributed by atoms with E-state index in [0.717, 1.165) is 32.8 Å². The maximum Gasteiger partial charge on any atom is 0.0483 e. The molecule has 1 aliphatic heterocycles. The summed E-state index contributed by atoms with van der Waals surface area (Å²) in [5.74, 6) is 0. The van der Waals surface area contributed by atoms with Crippen molar-refractivity contribution >= 4 is 0 Å². The molecule has 0 spiro atoms. The molecule has 0 aromatic heterocycles. The molecule has 3 nitrogen and oxygen atoms in total. The summed E-state index contributed by atoms with van der Waals surface area (Å²) in [6.07, 6.45) is 1.21. The van der Waals surface area contributed by atoms with Crippen molar-refractivity contribution in [3.63, 3.8) is 0 Å². The topological polar surface area (TPSA) is 29.4 Å². The SMILES string of the molecule is CCC(C)NCN1CC[N]CC1. The predicted molar refractivity (Wildman–Crippen MR) is 51.2 cm³/mol. The molecule has 0 bridgehead atoms. The second-order valence-corrected chi connectivity index (χ2v) is 3.46. The normalized spacial score (nSPS) is 22.5. The van der Waals surface area contributed by atoms with Gasteiger partial charge in [0.25, 0.3) is 0 Å². The van der Waals surface area contributed by atoms with Crippen molar-refractivity contribution < 1.29 is 0 Å². The van der Waals surface area contributed by atoms with Crippen LogP contribution in [0.15, 0.2) is 0 Å². The summed E-state index contributed by atoms with van der Waals surface area (Å²) in [5, 5.41) is 7.79. The van der Waals surface area contributed by atoms with Crippen LogP contribution in [0.25, 0.3) is 0 Å². The Bertz CT molecular complexity index is 110. The number of hydrogen-bond donors (Lipinski definition) is 1. The fraction of sp³-hybridized carbons (Fsp3) is 1.00. The van der Waals surface area contributed by atoms with Gasteiger partial charge in [0, 0.05) is 38.9 Å². The largest absolute Gasteiger partial charge is 0.302 e. The molecule has 12 heavy (non-hydrogen) atoms. The first-order valence-electron chi connectivity index (χ1n) is 4.92. The fourth-order valence-electron chi connectivity index (χ4n) is 1.24. The molecule has 1 saturated heterocycles. The zero-order chi connectivity index (χ0) is 8.81. The molecule has 1 heterocycles. The molecular weight excluding hydrogens is 150 g/mol. The van der Waals surface area contributed by atoms with Crippen LogP contribution in [-0.2, 0) is 0 Å². The Morgan fingerprint density at radius 3 is 2.67 bits per heavy atom. The summed E-state index contributed by atoms with van der Waals surface area (Å²) in [4.78, 5) is 2.43. The van der Waals surface area contributed by atoms with Crippen LogP contribution >= 0.6 is 0 Å². The van der Waals surface area contributed by atoms with Gasteiger partial charge in [-0.2, -0.15) is 0 Å². The molecule has 71 valence electrons.